The maximum absolute atomic E-state index is 12.4. The molecule has 0 unspecified atom stereocenters. The van der Waals surface area contributed by atoms with Gasteiger partial charge in [0.15, 0.2) is 0 Å². The SMILES string of the molecule is COc1cc(OC)cc(C(=O)NC(C2CC2)C2CC2)c1. The first kappa shape index (κ1) is 13.3. The summed E-state index contributed by atoms with van der Waals surface area (Å²) in [5.74, 6) is 2.65. The van der Waals surface area contributed by atoms with Crippen LogP contribution in [0.2, 0.25) is 0 Å². The number of hydrogen-bond acceptors (Lipinski definition) is 3. The number of hydrogen-bond donors (Lipinski definition) is 1. The molecule has 1 amide bonds. The van der Waals surface area contributed by atoms with Gasteiger partial charge in [0.05, 0.1) is 14.2 Å². The maximum Gasteiger partial charge on any atom is 0.251 e. The van der Waals surface area contributed by atoms with Crippen LogP contribution in [0.15, 0.2) is 18.2 Å². The van der Waals surface area contributed by atoms with Gasteiger partial charge in [-0.1, -0.05) is 0 Å². The molecule has 3 rings (SSSR count). The van der Waals surface area contributed by atoms with Crippen LogP contribution in [0.1, 0.15) is 36.0 Å². The Labute approximate surface area is 119 Å². The standard InChI is InChI=1S/C16H21NO3/c1-19-13-7-12(8-14(9-13)20-2)16(18)17-15(10-3-4-10)11-5-6-11/h7-11,15H,3-6H2,1-2H3,(H,17,18). The quantitative estimate of drug-likeness (QED) is 0.868. The molecular weight excluding hydrogens is 254 g/mol. The van der Waals surface area contributed by atoms with Gasteiger partial charge in [-0.3, -0.25) is 4.79 Å². The summed E-state index contributed by atoms with van der Waals surface area (Å²) in [7, 11) is 3.18. The first-order valence-corrected chi connectivity index (χ1v) is 7.25. The molecule has 0 radical (unpaired) electrons. The highest BCUT2D eigenvalue weighted by molar-refractivity contribution is 5.95. The van der Waals surface area contributed by atoms with Gasteiger partial charge in [-0.15, -0.1) is 0 Å². The molecule has 108 valence electrons. The van der Waals surface area contributed by atoms with Gasteiger partial charge in [0.1, 0.15) is 11.5 Å². The van der Waals surface area contributed by atoms with Crippen molar-refractivity contribution in [3.63, 3.8) is 0 Å². The van der Waals surface area contributed by atoms with Crippen LogP contribution in [-0.4, -0.2) is 26.2 Å². The van der Waals surface area contributed by atoms with Crippen LogP contribution in [0.25, 0.3) is 0 Å². The molecule has 0 aromatic heterocycles. The first-order valence-electron chi connectivity index (χ1n) is 7.25. The maximum atomic E-state index is 12.4. The number of nitrogens with one attached hydrogen (secondary N) is 1. The Kier molecular flexibility index (Phi) is 3.55. The summed E-state index contributed by atoms with van der Waals surface area (Å²) in [6.07, 6.45) is 5.01. The molecular formula is C16H21NO3. The molecule has 4 nitrogen and oxygen atoms in total. The Bertz CT molecular complexity index is 472. The Hall–Kier alpha value is -1.71. The minimum atomic E-state index is -0.0222. The van der Waals surface area contributed by atoms with Gasteiger partial charge in [0.2, 0.25) is 0 Å². The summed E-state index contributed by atoms with van der Waals surface area (Å²) < 4.78 is 10.4. The van der Waals surface area contributed by atoms with E-state index in [0.29, 0.717) is 34.9 Å². The molecule has 20 heavy (non-hydrogen) atoms. The lowest BCUT2D eigenvalue weighted by Crippen LogP contribution is -2.38. The Morgan fingerprint density at radius 1 is 1.05 bits per heavy atom. The van der Waals surface area contributed by atoms with Crippen molar-refractivity contribution in [2.75, 3.05) is 14.2 Å². The first-order chi connectivity index (χ1) is 9.71. The lowest BCUT2D eigenvalue weighted by atomic mass is 10.1. The number of rotatable bonds is 6. The summed E-state index contributed by atoms with van der Waals surface area (Å²) in [5, 5.41) is 3.21. The minimum Gasteiger partial charge on any atom is -0.497 e. The Balaban J connectivity index is 1.75. The number of methoxy groups -OCH3 is 2. The summed E-state index contributed by atoms with van der Waals surface area (Å²) in [6.45, 7) is 0. The van der Waals surface area contributed by atoms with E-state index in [1.165, 1.54) is 25.7 Å². The van der Waals surface area contributed by atoms with Crippen LogP contribution in [0.5, 0.6) is 11.5 Å². The van der Waals surface area contributed by atoms with Crippen molar-refractivity contribution >= 4 is 5.91 Å². The molecule has 0 heterocycles. The van der Waals surface area contributed by atoms with Crippen molar-refractivity contribution in [1.29, 1.82) is 0 Å². The van der Waals surface area contributed by atoms with Gasteiger partial charge in [0.25, 0.3) is 5.91 Å². The second kappa shape index (κ2) is 5.35. The molecule has 2 fully saturated rings. The number of benzene rings is 1. The summed E-state index contributed by atoms with van der Waals surface area (Å²) in [6, 6.07) is 5.65. The van der Waals surface area contributed by atoms with E-state index in [1.54, 1.807) is 32.4 Å². The second-order valence-corrected chi connectivity index (χ2v) is 5.78. The Morgan fingerprint density at radius 2 is 1.55 bits per heavy atom. The van der Waals surface area contributed by atoms with Gasteiger partial charge in [-0.2, -0.15) is 0 Å². The van der Waals surface area contributed by atoms with Gasteiger partial charge in [-0.25, -0.2) is 0 Å². The van der Waals surface area contributed by atoms with E-state index >= 15 is 0 Å². The predicted molar refractivity (Wildman–Crippen MR) is 76.2 cm³/mol. The molecule has 0 bridgehead atoms. The third kappa shape index (κ3) is 2.89. The van der Waals surface area contributed by atoms with E-state index in [1.807, 2.05) is 0 Å². The number of carbonyl (C=O) groups is 1. The van der Waals surface area contributed by atoms with Gasteiger partial charge >= 0.3 is 0 Å². The highest BCUT2D eigenvalue weighted by Gasteiger charge is 2.42. The van der Waals surface area contributed by atoms with Crippen LogP contribution in [0, 0.1) is 11.8 Å². The minimum absolute atomic E-state index is 0.0222. The highest BCUT2D eigenvalue weighted by atomic mass is 16.5. The lowest BCUT2D eigenvalue weighted by Gasteiger charge is -2.18. The fourth-order valence-corrected chi connectivity index (χ4v) is 2.70. The zero-order chi connectivity index (χ0) is 14.1. The van der Waals surface area contributed by atoms with Gasteiger partial charge in [-0.05, 0) is 49.7 Å². The molecule has 0 spiro atoms. The average molecular weight is 275 g/mol. The molecule has 2 saturated carbocycles. The highest BCUT2D eigenvalue weighted by Crippen LogP contribution is 2.44. The molecule has 0 saturated heterocycles. The molecule has 0 aliphatic heterocycles. The summed E-state index contributed by atoms with van der Waals surface area (Å²) in [4.78, 5) is 12.4. The molecule has 0 atom stereocenters. The number of carbonyl (C=O) groups excluding carboxylic acids is 1. The van der Waals surface area contributed by atoms with Crippen molar-refractivity contribution in [3.05, 3.63) is 23.8 Å². The third-order valence-corrected chi connectivity index (χ3v) is 4.17. The van der Waals surface area contributed by atoms with Crippen LogP contribution >= 0.6 is 0 Å². The summed E-state index contributed by atoms with van der Waals surface area (Å²) in [5.41, 5.74) is 0.604. The molecule has 1 N–H and O–H groups in total. The topological polar surface area (TPSA) is 47.6 Å². The van der Waals surface area contributed by atoms with Crippen LogP contribution < -0.4 is 14.8 Å². The van der Waals surface area contributed by atoms with Crippen LogP contribution in [0.3, 0.4) is 0 Å². The molecule has 2 aliphatic rings. The van der Waals surface area contributed by atoms with E-state index < -0.39 is 0 Å². The van der Waals surface area contributed by atoms with E-state index in [-0.39, 0.29) is 5.91 Å². The molecule has 2 aliphatic carbocycles. The van der Waals surface area contributed by atoms with E-state index in [9.17, 15) is 4.79 Å². The molecule has 1 aromatic rings. The zero-order valence-corrected chi connectivity index (χ0v) is 12.0. The molecule has 1 aromatic carbocycles. The van der Waals surface area contributed by atoms with E-state index in [4.69, 9.17) is 9.47 Å². The van der Waals surface area contributed by atoms with Gasteiger partial charge < -0.3 is 14.8 Å². The van der Waals surface area contributed by atoms with E-state index in [2.05, 4.69) is 5.32 Å². The second-order valence-electron chi connectivity index (χ2n) is 5.78. The monoisotopic (exact) mass is 275 g/mol. The molecule has 4 heteroatoms. The van der Waals surface area contributed by atoms with Crippen molar-refractivity contribution in [2.24, 2.45) is 11.8 Å². The number of amides is 1. The van der Waals surface area contributed by atoms with Crippen molar-refractivity contribution in [3.8, 4) is 11.5 Å². The fourth-order valence-electron chi connectivity index (χ4n) is 2.70. The largest absolute Gasteiger partial charge is 0.497 e. The van der Waals surface area contributed by atoms with Crippen LogP contribution in [-0.2, 0) is 0 Å². The summed E-state index contributed by atoms with van der Waals surface area (Å²) >= 11 is 0. The lowest BCUT2D eigenvalue weighted by molar-refractivity contribution is 0.0925. The fraction of sp³-hybridized carbons (Fsp3) is 0.562. The third-order valence-electron chi connectivity index (χ3n) is 4.17. The smallest absolute Gasteiger partial charge is 0.251 e. The van der Waals surface area contributed by atoms with Crippen molar-refractivity contribution < 1.29 is 14.3 Å². The van der Waals surface area contributed by atoms with Crippen LogP contribution in [0.4, 0.5) is 0 Å². The van der Waals surface area contributed by atoms with Crippen molar-refractivity contribution in [1.82, 2.24) is 5.32 Å². The van der Waals surface area contributed by atoms with Gasteiger partial charge in [0, 0.05) is 17.7 Å². The zero-order valence-electron chi connectivity index (χ0n) is 12.0. The van der Waals surface area contributed by atoms with E-state index in [0.717, 1.165) is 0 Å². The number of ether oxygens (including phenoxy) is 2. The van der Waals surface area contributed by atoms with Crippen molar-refractivity contribution in [2.45, 2.75) is 31.7 Å². The predicted octanol–water partition coefficient (Wildman–Crippen LogP) is 2.62. The average Bonchev–Trinajstić information content (AvgIpc) is 3.36. The Morgan fingerprint density at radius 3 is 1.95 bits per heavy atom. The normalized spacial score (nSPS) is 17.9.